The molecule has 0 radical (unpaired) electrons. The monoisotopic (exact) mass is 568 g/mol. The molecule has 1 N–H and O–H groups in total. The lowest BCUT2D eigenvalue weighted by Crippen LogP contribution is -2.45. The number of aromatic carboxylic acids is 1. The minimum atomic E-state index is -4.99. The van der Waals surface area contributed by atoms with Crippen LogP contribution in [0.15, 0.2) is 36.4 Å². The largest absolute Gasteiger partial charge is 0.477 e. The number of carboxylic acid groups (broad SMARTS) is 1. The molecule has 0 atom stereocenters. The van der Waals surface area contributed by atoms with Gasteiger partial charge < -0.3 is 19.6 Å². The fourth-order valence-corrected chi connectivity index (χ4v) is 4.44. The maximum absolute atomic E-state index is 13.4. The standard InChI is InChI=1S/C27H26F6N4O3/c1-15-5-4-6-18(11-17-12-19(26(28,29)30)14-20(13-17)27(31,32)33)22(15)40-23-21(24(38)39)16(2)34-25(35-23)37-9-7-36(3)8-10-37/h4-6,12-14H,7-11H2,1-3H3,(H,38,39). The third-order valence-corrected chi connectivity index (χ3v) is 6.58. The molecular weight excluding hydrogens is 542 g/mol. The van der Waals surface area contributed by atoms with Gasteiger partial charge in [-0.1, -0.05) is 18.2 Å². The van der Waals surface area contributed by atoms with Crippen LogP contribution in [-0.2, 0) is 18.8 Å². The Balaban J connectivity index is 1.77. The molecule has 1 aliphatic heterocycles. The van der Waals surface area contributed by atoms with Gasteiger partial charge in [0.1, 0.15) is 11.3 Å². The number of carboxylic acids is 1. The highest BCUT2D eigenvalue weighted by atomic mass is 19.4. The lowest BCUT2D eigenvalue weighted by Gasteiger charge is -2.32. The van der Waals surface area contributed by atoms with Gasteiger partial charge >= 0.3 is 18.3 Å². The van der Waals surface area contributed by atoms with Crippen LogP contribution in [0.2, 0.25) is 0 Å². The van der Waals surface area contributed by atoms with Gasteiger partial charge in [0.25, 0.3) is 0 Å². The van der Waals surface area contributed by atoms with E-state index in [-0.39, 0.29) is 52.4 Å². The van der Waals surface area contributed by atoms with Crippen LogP contribution in [-0.4, -0.2) is 59.2 Å². The normalized spacial score (nSPS) is 14.9. The van der Waals surface area contributed by atoms with Gasteiger partial charge in [0.15, 0.2) is 0 Å². The van der Waals surface area contributed by atoms with Crippen molar-refractivity contribution in [2.75, 3.05) is 38.1 Å². The third kappa shape index (κ3) is 6.46. The zero-order valence-electron chi connectivity index (χ0n) is 21.8. The lowest BCUT2D eigenvalue weighted by molar-refractivity contribution is -0.143. The Morgan fingerprint density at radius 3 is 2.10 bits per heavy atom. The Labute approximate surface area is 226 Å². The van der Waals surface area contributed by atoms with Crippen LogP contribution in [0.4, 0.5) is 32.3 Å². The molecule has 0 aliphatic carbocycles. The van der Waals surface area contributed by atoms with Gasteiger partial charge in [-0.05, 0) is 55.8 Å². The van der Waals surface area contributed by atoms with Gasteiger partial charge in [0.05, 0.1) is 16.8 Å². The maximum Gasteiger partial charge on any atom is 0.416 e. The van der Waals surface area contributed by atoms with Crippen LogP contribution in [0.3, 0.4) is 0 Å². The first-order chi connectivity index (χ1) is 18.6. The summed E-state index contributed by atoms with van der Waals surface area (Å²) >= 11 is 0. The topological polar surface area (TPSA) is 78.8 Å². The molecule has 3 aromatic rings. The molecule has 1 aliphatic rings. The van der Waals surface area contributed by atoms with Crippen molar-refractivity contribution in [3.63, 3.8) is 0 Å². The van der Waals surface area contributed by atoms with E-state index in [1.165, 1.54) is 13.0 Å². The Kier molecular flexibility index (Phi) is 7.97. The molecule has 0 amide bonds. The number of nitrogens with zero attached hydrogens (tertiary/aromatic N) is 4. The molecule has 0 bridgehead atoms. The summed E-state index contributed by atoms with van der Waals surface area (Å²) < 4.78 is 86.5. The van der Waals surface area contributed by atoms with E-state index < -0.39 is 29.4 Å². The van der Waals surface area contributed by atoms with Crippen LogP contribution in [0.1, 0.15) is 43.9 Å². The smallest absolute Gasteiger partial charge is 0.416 e. The first-order valence-corrected chi connectivity index (χ1v) is 12.2. The van der Waals surface area contributed by atoms with Crippen LogP contribution in [0.25, 0.3) is 0 Å². The van der Waals surface area contributed by atoms with Crippen molar-refractivity contribution in [3.05, 3.63) is 75.5 Å². The van der Waals surface area contributed by atoms with Gasteiger partial charge in [-0.25, -0.2) is 9.78 Å². The molecule has 7 nitrogen and oxygen atoms in total. The molecule has 40 heavy (non-hydrogen) atoms. The Hall–Kier alpha value is -3.87. The van der Waals surface area contributed by atoms with E-state index in [4.69, 9.17) is 4.74 Å². The first kappa shape index (κ1) is 29.1. The molecule has 4 rings (SSSR count). The highest BCUT2D eigenvalue weighted by Gasteiger charge is 2.37. The van der Waals surface area contributed by atoms with Gasteiger partial charge in [0.2, 0.25) is 11.8 Å². The van der Waals surface area contributed by atoms with Crippen LogP contribution >= 0.6 is 0 Å². The Morgan fingerprint density at radius 2 is 1.55 bits per heavy atom. The second kappa shape index (κ2) is 11.0. The van der Waals surface area contributed by atoms with Gasteiger partial charge in [0, 0.05) is 32.6 Å². The number of likely N-dealkylation sites (N-methyl/N-ethyl adjacent to an activating group) is 1. The predicted octanol–water partition coefficient (Wildman–Crippen LogP) is 5.96. The molecule has 214 valence electrons. The average molecular weight is 569 g/mol. The fraction of sp³-hybridized carbons (Fsp3) is 0.370. The summed E-state index contributed by atoms with van der Waals surface area (Å²) in [4.78, 5) is 24.8. The number of benzene rings is 2. The van der Waals surface area contributed by atoms with E-state index >= 15 is 0 Å². The molecular formula is C27H26F6N4O3. The second-order valence-electron chi connectivity index (χ2n) is 9.64. The number of carbonyl (C=O) groups is 1. The molecule has 1 fully saturated rings. The Morgan fingerprint density at radius 1 is 0.950 bits per heavy atom. The number of halogens is 6. The van der Waals surface area contributed by atoms with E-state index in [2.05, 4.69) is 14.9 Å². The summed E-state index contributed by atoms with van der Waals surface area (Å²) in [6.07, 6.45) is -10.3. The Bertz CT molecular complexity index is 1380. The van der Waals surface area contributed by atoms with E-state index in [1.54, 1.807) is 19.1 Å². The summed E-state index contributed by atoms with van der Waals surface area (Å²) in [7, 11) is 1.97. The van der Waals surface area contributed by atoms with Gasteiger partial charge in [-0.15, -0.1) is 0 Å². The highest BCUT2D eigenvalue weighted by molar-refractivity contribution is 5.91. The third-order valence-electron chi connectivity index (χ3n) is 6.58. The number of aryl methyl sites for hydroxylation is 2. The number of rotatable bonds is 6. The van der Waals surface area contributed by atoms with Crippen molar-refractivity contribution < 1.29 is 41.0 Å². The summed E-state index contributed by atoms with van der Waals surface area (Å²) in [6.45, 7) is 5.78. The van der Waals surface area contributed by atoms with Gasteiger partial charge in [-0.3, -0.25) is 0 Å². The zero-order valence-corrected chi connectivity index (χ0v) is 21.8. The van der Waals surface area contributed by atoms with Gasteiger partial charge in [-0.2, -0.15) is 31.3 Å². The van der Waals surface area contributed by atoms with Crippen molar-refractivity contribution in [1.29, 1.82) is 0 Å². The van der Waals surface area contributed by atoms with Crippen LogP contribution in [0.5, 0.6) is 11.6 Å². The molecule has 13 heteroatoms. The highest BCUT2D eigenvalue weighted by Crippen LogP contribution is 2.38. The number of piperazine rings is 1. The molecule has 2 aromatic carbocycles. The van der Waals surface area contributed by atoms with E-state index in [1.807, 2.05) is 11.9 Å². The molecule has 2 heterocycles. The number of ether oxygens (including phenoxy) is 1. The minimum absolute atomic E-state index is 0.0693. The van der Waals surface area contributed by atoms with Crippen molar-refractivity contribution in [1.82, 2.24) is 14.9 Å². The summed E-state index contributed by atoms with van der Waals surface area (Å²) in [5.74, 6) is -1.28. The van der Waals surface area contributed by atoms with Crippen molar-refractivity contribution in [2.45, 2.75) is 32.6 Å². The number of para-hydroxylation sites is 1. The number of aromatic nitrogens is 2. The quantitative estimate of drug-likeness (QED) is 0.368. The molecule has 0 unspecified atom stereocenters. The SMILES string of the molecule is Cc1cccc(Cc2cc(C(F)(F)F)cc(C(F)(F)F)c2)c1Oc1nc(N2CCN(C)CC2)nc(C)c1C(=O)O. The molecule has 0 spiro atoms. The number of hydrogen-bond donors (Lipinski definition) is 1. The summed E-state index contributed by atoms with van der Waals surface area (Å²) in [5, 5.41) is 9.85. The maximum atomic E-state index is 13.4. The van der Waals surface area contributed by atoms with Crippen LogP contribution < -0.4 is 9.64 Å². The molecule has 1 saturated heterocycles. The summed E-state index contributed by atoms with van der Waals surface area (Å²) in [5.41, 5.74) is -2.52. The van der Waals surface area contributed by atoms with Crippen molar-refractivity contribution in [3.8, 4) is 11.6 Å². The zero-order chi connectivity index (χ0) is 29.4. The van der Waals surface area contributed by atoms with Crippen molar-refractivity contribution in [2.24, 2.45) is 0 Å². The predicted molar refractivity (Wildman–Crippen MR) is 134 cm³/mol. The number of alkyl halides is 6. The molecule has 0 saturated carbocycles. The average Bonchev–Trinajstić information content (AvgIpc) is 2.85. The molecule has 1 aromatic heterocycles. The van der Waals surface area contributed by atoms with E-state index in [0.29, 0.717) is 30.8 Å². The van der Waals surface area contributed by atoms with E-state index in [0.717, 1.165) is 13.1 Å². The fourth-order valence-electron chi connectivity index (χ4n) is 4.44. The number of anilines is 1. The van der Waals surface area contributed by atoms with Crippen molar-refractivity contribution >= 4 is 11.9 Å². The minimum Gasteiger partial charge on any atom is -0.477 e. The summed E-state index contributed by atoms with van der Waals surface area (Å²) in [6, 6.07) is 6.08. The van der Waals surface area contributed by atoms with Crippen LogP contribution in [0, 0.1) is 13.8 Å². The van der Waals surface area contributed by atoms with E-state index in [9.17, 15) is 36.2 Å². The second-order valence-corrected chi connectivity index (χ2v) is 9.64. The lowest BCUT2D eigenvalue weighted by atomic mass is 9.97. The number of hydrogen-bond acceptors (Lipinski definition) is 6. The first-order valence-electron chi connectivity index (χ1n) is 12.2.